The van der Waals surface area contributed by atoms with Gasteiger partial charge in [0, 0.05) is 70.6 Å². The lowest BCUT2D eigenvalue weighted by atomic mass is 9.98. The number of aliphatic hydroxyl groups is 1. The molecule has 0 aromatic heterocycles. The molecule has 1 N–H and O–H groups in total. The maximum Gasteiger partial charge on any atom is 0.211 e. The van der Waals surface area contributed by atoms with E-state index in [0.717, 1.165) is 45.0 Å². The van der Waals surface area contributed by atoms with Crippen molar-refractivity contribution in [3.8, 4) is 0 Å². The fraction of sp³-hybridized carbons (Fsp3) is 0.684. The van der Waals surface area contributed by atoms with Crippen molar-refractivity contribution in [2.45, 2.75) is 18.1 Å². The predicted molar refractivity (Wildman–Crippen MR) is 106 cm³/mol. The van der Waals surface area contributed by atoms with E-state index in [1.807, 2.05) is 12.1 Å². The Hall–Kier alpha value is -1.26. The number of piperazine rings is 1. The van der Waals surface area contributed by atoms with Crippen LogP contribution in [0.25, 0.3) is 0 Å². The van der Waals surface area contributed by atoms with E-state index in [2.05, 4.69) is 14.7 Å². The zero-order valence-corrected chi connectivity index (χ0v) is 17.1. The van der Waals surface area contributed by atoms with Crippen LogP contribution in [0.1, 0.15) is 6.42 Å². The van der Waals surface area contributed by atoms with Crippen molar-refractivity contribution in [2.24, 2.45) is 0 Å². The molecule has 7 nitrogen and oxygen atoms in total. The van der Waals surface area contributed by atoms with Crippen LogP contribution in [0.15, 0.2) is 24.3 Å². The normalized spacial score (nSPS) is 28.6. The molecule has 0 bridgehead atoms. The summed E-state index contributed by atoms with van der Waals surface area (Å²) in [5.74, 6) is -0.208. The Morgan fingerprint density at radius 3 is 2.32 bits per heavy atom. The van der Waals surface area contributed by atoms with Crippen molar-refractivity contribution in [3.05, 3.63) is 30.1 Å². The van der Waals surface area contributed by atoms with Crippen molar-refractivity contribution < 1.29 is 17.9 Å². The van der Waals surface area contributed by atoms with Crippen LogP contribution in [-0.2, 0) is 10.0 Å². The Kier molecular flexibility index (Phi) is 5.39. The van der Waals surface area contributed by atoms with Crippen molar-refractivity contribution >= 4 is 15.7 Å². The highest BCUT2D eigenvalue weighted by Crippen LogP contribution is 2.28. The first-order valence-electron chi connectivity index (χ1n) is 9.86. The van der Waals surface area contributed by atoms with Crippen LogP contribution in [0.2, 0.25) is 0 Å². The second-order valence-electron chi connectivity index (χ2n) is 8.42. The minimum Gasteiger partial charge on any atom is -0.387 e. The maximum absolute atomic E-state index is 13.1. The van der Waals surface area contributed by atoms with E-state index in [-0.39, 0.29) is 12.4 Å². The fourth-order valence-corrected chi connectivity index (χ4v) is 5.45. The van der Waals surface area contributed by atoms with Crippen LogP contribution >= 0.6 is 0 Å². The van der Waals surface area contributed by atoms with Gasteiger partial charge in [0.25, 0.3) is 0 Å². The highest BCUT2D eigenvalue weighted by Gasteiger charge is 2.44. The quantitative estimate of drug-likeness (QED) is 0.736. The smallest absolute Gasteiger partial charge is 0.211 e. The number of hydrogen-bond donors (Lipinski definition) is 1. The van der Waals surface area contributed by atoms with Gasteiger partial charge in [-0.15, -0.1) is 0 Å². The van der Waals surface area contributed by atoms with Gasteiger partial charge in [-0.3, -0.25) is 9.80 Å². The van der Waals surface area contributed by atoms with Crippen LogP contribution in [0.5, 0.6) is 0 Å². The van der Waals surface area contributed by atoms with E-state index in [0.29, 0.717) is 25.6 Å². The minimum atomic E-state index is -3.24. The Balaban J connectivity index is 1.22. The molecule has 1 aromatic carbocycles. The summed E-state index contributed by atoms with van der Waals surface area (Å²) in [5.41, 5.74) is 0.130. The third-order valence-corrected chi connectivity index (χ3v) is 7.49. The molecule has 156 valence electrons. The first-order chi connectivity index (χ1) is 13.2. The minimum absolute atomic E-state index is 0.198. The van der Waals surface area contributed by atoms with Crippen LogP contribution in [0.4, 0.5) is 10.1 Å². The van der Waals surface area contributed by atoms with Crippen molar-refractivity contribution in [1.82, 2.24) is 14.1 Å². The van der Waals surface area contributed by atoms with E-state index in [1.165, 1.54) is 22.7 Å². The lowest BCUT2D eigenvalue weighted by Gasteiger charge is -2.50. The van der Waals surface area contributed by atoms with Gasteiger partial charge in [-0.2, -0.15) is 4.31 Å². The summed E-state index contributed by atoms with van der Waals surface area (Å²) < 4.78 is 37.8. The van der Waals surface area contributed by atoms with Gasteiger partial charge in [0.2, 0.25) is 10.0 Å². The fourth-order valence-electron chi connectivity index (χ4n) is 4.55. The molecule has 1 atom stereocenters. The number of halogens is 1. The molecule has 9 heteroatoms. The van der Waals surface area contributed by atoms with Gasteiger partial charge in [0.15, 0.2) is 0 Å². The molecule has 4 rings (SSSR count). The van der Waals surface area contributed by atoms with Crippen LogP contribution < -0.4 is 4.90 Å². The Labute approximate surface area is 166 Å². The maximum atomic E-state index is 13.1. The molecule has 0 spiro atoms. The molecule has 1 unspecified atom stereocenters. The molecule has 0 radical (unpaired) electrons. The monoisotopic (exact) mass is 412 g/mol. The molecule has 1 aromatic rings. The Bertz CT molecular complexity index is 792. The van der Waals surface area contributed by atoms with E-state index in [9.17, 15) is 17.9 Å². The van der Waals surface area contributed by atoms with Gasteiger partial charge in [-0.1, -0.05) is 0 Å². The van der Waals surface area contributed by atoms with Gasteiger partial charge < -0.3 is 10.0 Å². The molecule has 3 aliphatic rings. The van der Waals surface area contributed by atoms with E-state index in [1.54, 1.807) is 0 Å². The summed E-state index contributed by atoms with van der Waals surface area (Å²) in [6.45, 7) is 6.76. The van der Waals surface area contributed by atoms with Crippen molar-refractivity contribution in [1.29, 1.82) is 0 Å². The molecule has 0 amide bonds. The summed E-state index contributed by atoms with van der Waals surface area (Å²) in [5, 5.41) is 10.7. The Morgan fingerprint density at radius 1 is 1.11 bits per heavy atom. The van der Waals surface area contributed by atoms with Crippen molar-refractivity contribution in [3.63, 3.8) is 0 Å². The number of hydrogen-bond acceptors (Lipinski definition) is 6. The molecule has 3 aliphatic heterocycles. The summed E-state index contributed by atoms with van der Waals surface area (Å²) >= 11 is 0. The molecule has 0 aliphatic carbocycles. The largest absolute Gasteiger partial charge is 0.387 e. The third-order valence-electron chi connectivity index (χ3n) is 6.24. The predicted octanol–water partition coefficient (Wildman–Crippen LogP) is 0.0283. The van der Waals surface area contributed by atoms with Gasteiger partial charge in [-0.05, 0) is 30.7 Å². The third kappa shape index (κ3) is 4.33. The van der Waals surface area contributed by atoms with E-state index in [4.69, 9.17) is 0 Å². The number of benzene rings is 1. The Morgan fingerprint density at radius 2 is 1.75 bits per heavy atom. The van der Waals surface area contributed by atoms with Crippen LogP contribution in [0.3, 0.4) is 0 Å². The standard InChI is InChI=1S/C19H29FN4O3S/c1-28(26,27)24-7-6-19(25,15-24)14-21-12-18(13-21)23-10-8-22(9-11-23)17-4-2-16(20)3-5-17/h2-5,18,25H,6-15H2,1H3. The molecular formula is C19H29FN4O3S. The highest BCUT2D eigenvalue weighted by molar-refractivity contribution is 7.88. The molecule has 3 heterocycles. The zero-order chi connectivity index (χ0) is 19.9. The molecule has 3 fully saturated rings. The average molecular weight is 413 g/mol. The summed E-state index contributed by atoms with van der Waals surface area (Å²) in [4.78, 5) is 6.99. The lowest BCUT2D eigenvalue weighted by Crippen LogP contribution is -2.65. The number of rotatable bonds is 5. The first kappa shape index (κ1) is 20.0. The number of β-amino-alcohol motifs (C(OH)–C–C–N with tert-alkyl or cyclic N) is 1. The number of nitrogens with zero attached hydrogens (tertiary/aromatic N) is 4. The molecule has 0 saturated carbocycles. The van der Waals surface area contributed by atoms with Gasteiger partial charge in [-0.25, -0.2) is 12.8 Å². The van der Waals surface area contributed by atoms with E-state index >= 15 is 0 Å². The molecule has 3 saturated heterocycles. The molecule has 28 heavy (non-hydrogen) atoms. The lowest BCUT2D eigenvalue weighted by molar-refractivity contribution is -0.0383. The molecular weight excluding hydrogens is 383 g/mol. The summed E-state index contributed by atoms with van der Waals surface area (Å²) in [7, 11) is -3.24. The van der Waals surface area contributed by atoms with Crippen molar-refractivity contribution in [2.75, 3.05) is 70.1 Å². The SMILES string of the molecule is CS(=O)(=O)N1CCC(O)(CN2CC(N3CCN(c4ccc(F)cc4)CC3)C2)C1. The highest BCUT2D eigenvalue weighted by atomic mass is 32.2. The number of likely N-dealkylation sites (tertiary alicyclic amines) is 1. The second kappa shape index (κ2) is 7.53. The second-order valence-corrected chi connectivity index (χ2v) is 10.4. The number of anilines is 1. The number of sulfonamides is 1. The van der Waals surface area contributed by atoms with Gasteiger partial charge in [0.1, 0.15) is 5.82 Å². The van der Waals surface area contributed by atoms with Gasteiger partial charge >= 0.3 is 0 Å². The van der Waals surface area contributed by atoms with Crippen LogP contribution in [-0.4, -0.2) is 104 Å². The summed E-state index contributed by atoms with van der Waals surface area (Å²) in [6, 6.07) is 7.16. The van der Waals surface area contributed by atoms with Gasteiger partial charge in [0.05, 0.1) is 11.9 Å². The van der Waals surface area contributed by atoms with Crippen LogP contribution in [0, 0.1) is 5.82 Å². The van der Waals surface area contributed by atoms with E-state index < -0.39 is 15.6 Å². The summed E-state index contributed by atoms with van der Waals surface area (Å²) in [6.07, 6.45) is 1.70. The average Bonchev–Trinajstić information content (AvgIpc) is 3.02. The zero-order valence-electron chi connectivity index (χ0n) is 16.3. The topological polar surface area (TPSA) is 67.3 Å². The first-order valence-corrected chi connectivity index (χ1v) is 11.7.